The molecule has 1 heterocycles. The van der Waals surface area contributed by atoms with Gasteiger partial charge in [0.1, 0.15) is 5.82 Å². The Kier molecular flexibility index (Phi) is 3.21. The van der Waals surface area contributed by atoms with Gasteiger partial charge in [-0.3, -0.25) is 0 Å². The molecule has 2 rings (SSSR count). The molecule has 0 radical (unpaired) electrons. The smallest absolute Gasteiger partial charge is 0.126 e. The van der Waals surface area contributed by atoms with Crippen molar-refractivity contribution < 1.29 is 0 Å². The normalized spacial score (nSPS) is 25.5. The summed E-state index contributed by atoms with van der Waals surface area (Å²) in [4.78, 5) is 4.32. The molecule has 2 atom stereocenters. The zero-order valence-corrected chi connectivity index (χ0v) is 9.24. The highest BCUT2D eigenvalue weighted by Gasteiger charge is 2.25. The summed E-state index contributed by atoms with van der Waals surface area (Å²) in [6.07, 6.45) is 5.60. The molecule has 1 fully saturated rings. The molecule has 0 spiro atoms. The molecule has 1 aromatic rings. The fraction of sp³-hybridized carbons (Fsp3) is 0.583. The molecule has 1 aromatic heterocycles. The van der Waals surface area contributed by atoms with Gasteiger partial charge in [-0.2, -0.15) is 0 Å². The zero-order chi connectivity index (χ0) is 10.7. The van der Waals surface area contributed by atoms with Crippen LogP contribution in [0.15, 0.2) is 18.3 Å². The lowest BCUT2D eigenvalue weighted by molar-refractivity contribution is 0.515. The van der Waals surface area contributed by atoms with Crippen LogP contribution < -0.4 is 11.1 Å². The van der Waals surface area contributed by atoms with E-state index in [0.717, 1.165) is 12.4 Å². The van der Waals surface area contributed by atoms with E-state index < -0.39 is 0 Å². The Morgan fingerprint density at radius 1 is 1.53 bits per heavy atom. The van der Waals surface area contributed by atoms with Gasteiger partial charge in [0.25, 0.3) is 0 Å². The molecule has 1 aliphatic rings. The van der Waals surface area contributed by atoms with Crippen molar-refractivity contribution in [3.8, 4) is 0 Å². The first-order valence-corrected chi connectivity index (χ1v) is 5.69. The third-order valence-electron chi connectivity index (χ3n) is 3.21. The number of hydrogen-bond donors (Lipinski definition) is 2. The number of anilines is 1. The van der Waals surface area contributed by atoms with Crippen molar-refractivity contribution >= 4 is 5.82 Å². The molecule has 2 unspecified atom stereocenters. The summed E-state index contributed by atoms with van der Waals surface area (Å²) >= 11 is 0. The van der Waals surface area contributed by atoms with Gasteiger partial charge in [-0.25, -0.2) is 4.98 Å². The van der Waals surface area contributed by atoms with Crippen LogP contribution in [0.4, 0.5) is 5.82 Å². The van der Waals surface area contributed by atoms with Crippen molar-refractivity contribution in [1.82, 2.24) is 4.98 Å². The van der Waals surface area contributed by atoms with Gasteiger partial charge < -0.3 is 11.1 Å². The number of nitrogens with zero attached hydrogens (tertiary/aromatic N) is 1. The van der Waals surface area contributed by atoms with E-state index >= 15 is 0 Å². The summed E-state index contributed by atoms with van der Waals surface area (Å²) in [7, 11) is 0. The summed E-state index contributed by atoms with van der Waals surface area (Å²) in [5.74, 6) is 1.60. The highest BCUT2D eigenvalue weighted by Crippen LogP contribution is 2.27. The number of nitrogens with two attached hydrogens (primary N) is 1. The highest BCUT2D eigenvalue weighted by atomic mass is 15.0. The molecular weight excluding hydrogens is 186 g/mol. The van der Waals surface area contributed by atoms with E-state index in [1.807, 2.05) is 12.3 Å². The lowest BCUT2D eigenvalue weighted by Gasteiger charge is -2.20. The van der Waals surface area contributed by atoms with E-state index in [2.05, 4.69) is 23.3 Å². The first-order chi connectivity index (χ1) is 7.29. The third kappa shape index (κ3) is 2.48. The Morgan fingerprint density at radius 2 is 2.40 bits per heavy atom. The topological polar surface area (TPSA) is 50.9 Å². The van der Waals surface area contributed by atoms with Gasteiger partial charge in [0.15, 0.2) is 0 Å². The summed E-state index contributed by atoms with van der Waals surface area (Å²) in [5.41, 5.74) is 6.99. The average molecular weight is 205 g/mol. The van der Waals surface area contributed by atoms with Crippen LogP contribution in [0.1, 0.15) is 24.8 Å². The number of aryl methyl sites for hydroxylation is 1. The standard InChI is InChI=1S/C12H19N3/c1-9-5-6-14-12(7-9)15-11-4-2-3-10(11)8-13/h5-7,10-11H,2-4,8,13H2,1H3,(H,14,15). The van der Waals surface area contributed by atoms with Crippen LogP contribution in [0.5, 0.6) is 0 Å². The molecule has 82 valence electrons. The second kappa shape index (κ2) is 4.62. The quantitative estimate of drug-likeness (QED) is 0.792. The first kappa shape index (κ1) is 10.4. The van der Waals surface area contributed by atoms with Crippen molar-refractivity contribution in [2.75, 3.05) is 11.9 Å². The first-order valence-electron chi connectivity index (χ1n) is 5.69. The molecule has 0 aromatic carbocycles. The summed E-state index contributed by atoms with van der Waals surface area (Å²) in [5, 5.41) is 3.49. The Morgan fingerprint density at radius 3 is 3.13 bits per heavy atom. The molecule has 1 aliphatic carbocycles. The van der Waals surface area contributed by atoms with Crippen molar-refractivity contribution in [2.45, 2.75) is 32.2 Å². The predicted octanol–water partition coefficient (Wildman–Crippen LogP) is 1.93. The highest BCUT2D eigenvalue weighted by molar-refractivity contribution is 5.38. The number of nitrogens with one attached hydrogen (secondary N) is 1. The Hall–Kier alpha value is -1.09. The summed E-state index contributed by atoms with van der Waals surface area (Å²) in [6.45, 7) is 2.87. The van der Waals surface area contributed by atoms with Crippen LogP contribution in [0.2, 0.25) is 0 Å². The maximum atomic E-state index is 5.75. The second-order valence-electron chi connectivity index (χ2n) is 4.40. The van der Waals surface area contributed by atoms with Gasteiger partial charge in [0.2, 0.25) is 0 Å². The van der Waals surface area contributed by atoms with E-state index in [1.54, 1.807) is 0 Å². The van der Waals surface area contributed by atoms with Crippen LogP contribution >= 0.6 is 0 Å². The van der Waals surface area contributed by atoms with Crippen LogP contribution in [-0.4, -0.2) is 17.6 Å². The zero-order valence-electron chi connectivity index (χ0n) is 9.24. The fourth-order valence-corrected chi connectivity index (χ4v) is 2.31. The lowest BCUT2D eigenvalue weighted by Crippen LogP contribution is -2.29. The van der Waals surface area contributed by atoms with Gasteiger partial charge in [0, 0.05) is 12.2 Å². The van der Waals surface area contributed by atoms with Crippen molar-refractivity contribution in [3.63, 3.8) is 0 Å². The summed E-state index contributed by atoms with van der Waals surface area (Å²) in [6, 6.07) is 4.62. The van der Waals surface area contributed by atoms with Gasteiger partial charge >= 0.3 is 0 Å². The molecule has 3 heteroatoms. The summed E-state index contributed by atoms with van der Waals surface area (Å²) < 4.78 is 0. The molecular formula is C12H19N3. The van der Waals surface area contributed by atoms with Crippen molar-refractivity contribution in [2.24, 2.45) is 11.7 Å². The molecule has 15 heavy (non-hydrogen) atoms. The maximum Gasteiger partial charge on any atom is 0.126 e. The van der Waals surface area contributed by atoms with Crippen LogP contribution in [-0.2, 0) is 0 Å². The molecule has 0 aliphatic heterocycles. The molecule has 3 nitrogen and oxygen atoms in total. The SMILES string of the molecule is Cc1ccnc(NC2CCCC2CN)c1. The number of pyridine rings is 1. The van der Waals surface area contributed by atoms with E-state index in [0.29, 0.717) is 12.0 Å². The Labute approximate surface area is 91.1 Å². The van der Waals surface area contributed by atoms with E-state index in [9.17, 15) is 0 Å². The number of aromatic nitrogens is 1. The minimum Gasteiger partial charge on any atom is -0.367 e. The van der Waals surface area contributed by atoms with Crippen LogP contribution in [0, 0.1) is 12.8 Å². The molecule has 0 saturated heterocycles. The van der Waals surface area contributed by atoms with Gasteiger partial charge in [-0.1, -0.05) is 6.42 Å². The largest absolute Gasteiger partial charge is 0.367 e. The molecule has 0 bridgehead atoms. The Bertz CT molecular complexity index is 324. The van der Waals surface area contributed by atoms with Crippen molar-refractivity contribution in [1.29, 1.82) is 0 Å². The molecule has 1 saturated carbocycles. The average Bonchev–Trinajstić information content (AvgIpc) is 2.65. The van der Waals surface area contributed by atoms with E-state index in [1.165, 1.54) is 24.8 Å². The van der Waals surface area contributed by atoms with Crippen LogP contribution in [0.25, 0.3) is 0 Å². The van der Waals surface area contributed by atoms with Gasteiger partial charge in [-0.15, -0.1) is 0 Å². The Balaban J connectivity index is 2.02. The monoisotopic (exact) mass is 205 g/mol. The maximum absolute atomic E-state index is 5.75. The van der Waals surface area contributed by atoms with Crippen LogP contribution in [0.3, 0.4) is 0 Å². The van der Waals surface area contributed by atoms with Gasteiger partial charge in [0.05, 0.1) is 0 Å². The minimum atomic E-state index is 0.518. The fourth-order valence-electron chi connectivity index (χ4n) is 2.31. The molecule has 3 N–H and O–H groups in total. The number of rotatable bonds is 3. The second-order valence-corrected chi connectivity index (χ2v) is 4.40. The third-order valence-corrected chi connectivity index (χ3v) is 3.21. The number of hydrogen-bond acceptors (Lipinski definition) is 3. The minimum absolute atomic E-state index is 0.518. The van der Waals surface area contributed by atoms with Gasteiger partial charge in [-0.05, 0) is 49.9 Å². The van der Waals surface area contributed by atoms with Crippen molar-refractivity contribution in [3.05, 3.63) is 23.9 Å². The van der Waals surface area contributed by atoms with E-state index in [4.69, 9.17) is 5.73 Å². The molecule has 0 amide bonds. The lowest BCUT2D eigenvalue weighted by atomic mass is 10.0. The predicted molar refractivity (Wildman–Crippen MR) is 62.8 cm³/mol. The van der Waals surface area contributed by atoms with E-state index in [-0.39, 0.29) is 0 Å².